The van der Waals surface area contributed by atoms with Crippen LogP contribution in [0, 0.1) is 5.92 Å². The number of benzene rings is 1. The molecule has 1 aromatic heterocycles. The lowest BCUT2D eigenvalue weighted by Crippen LogP contribution is -2.38. The fraction of sp³-hybridized carbons (Fsp3) is 0.312. The van der Waals surface area contributed by atoms with E-state index in [1.807, 2.05) is 31.2 Å². The Kier molecular flexibility index (Phi) is 4.38. The first-order valence-electron chi connectivity index (χ1n) is 7.12. The third-order valence-corrected chi connectivity index (χ3v) is 4.05. The summed E-state index contributed by atoms with van der Waals surface area (Å²) in [5.41, 5.74) is 1.07. The lowest BCUT2D eigenvalue weighted by atomic mass is 9.96. The van der Waals surface area contributed by atoms with Crippen molar-refractivity contribution in [2.75, 3.05) is 6.61 Å². The van der Waals surface area contributed by atoms with Crippen LogP contribution in [-0.2, 0) is 11.2 Å². The summed E-state index contributed by atoms with van der Waals surface area (Å²) in [5.74, 6) is 1.24. The van der Waals surface area contributed by atoms with E-state index < -0.39 is 0 Å². The minimum atomic E-state index is -0.238. The second-order valence-electron chi connectivity index (χ2n) is 5.31. The largest absolute Gasteiger partial charge is 0.492 e. The van der Waals surface area contributed by atoms with Crippen LogP contribution in [0.15, 0.2) is 41.1 Å². The maximum Gasteiger partial charge on any atom is 0.227 e. The van der Waals surface area contributed by atoms with Crippen LogP contribution in [-0.4, -0.2) is 22.5 Å². The summed E-state index contributed by atoms with van der Waals surface area (Å²) in [6, 6.07) is 7.59. The lowest BCUT2D eigenvalue weighted by Gasteiger charge is -2.25. The summed E-state index contributed by atoms with van der Waals surface area (Å²) in [7, 11) is 0. The number of halogens is 1. The van der Waals surface area contributed by atoms with Crippen LogP contribution >= 0.6 is 15.9 Å². The maximum absolute atomic E-state index is 12.4. The Morgan fingerprint density at radius 3 is 2.86 bits per heavy atom. The Balaban J connectivity index is 1.64. The van der Waals surface area contributed by atoms with Crippen molar-refractivity contribution >= 4 is 21.8 Å². The molecule has 2 heterocycles. The Morgan fingerprint density at radius 2 is 2.09 bits per heavy atom. The minimum Gasteiger partial charge on any atom is -0.492 e. The number of carbonyl (C=O) groups excluding carboxylic acids is 1. The molecule has 0 fully saturated rings. The molecule has 0 saturated carbocycles. The molecule has 2 aromatic rings. The molecule has 3 rings (SSSR count). The van der Waals surface area contributed by atoms with Gasteiger partial charge in [0.25, 0.3) is 0 Å². The molecule has 0 bridgehead atoms. The van der Waals surface area contributed by atoms with Crippen molar-refractivity contribution in [2.45, 2.75) is 19.4 Å². The van der Waals surface area contributed by atoms with Gasteiger partial charge >= 0.3 is 0 Å². The number of rotatable bonds is 3. The normalized spacial score (nSPS) is 18.0. The number of amides is 1. The molecule has 6 heteroatoms. The highest BCUT2D eigenvalue weighted by atomic mass is 79.9. The molecule has 5 nitrogen and oxygen atoms in total. The Morgan fingerprint density at radius 1 is 1.36 bits per heavy atom. The zero-order chi connectivity index (χ0) is 15.5. The monoisotopic (exact) mass is 361 g/mol. The van der Waals surface area contributed by atoms with Crippen LogP contribution in [0.25, 0.3) is 0 Å². The SMILES string of the molecule is CC(NC(=O)C1COc2ccccc2C1)c1ncc(Br)cn1. The molecule has 0 saturated heterocycles. The van der Waals surface area contributed by atoms with E-state index in [2.05, 4.69) is 31.2 Å². The summed E-state index contributed by atoms with van der Waals surface area (Å²) in [4.78, 5) is 20.8. The van der Waals surface area contributed by atoms with Crippen LogP contribution in [0.1, 0.15) is 24.4 Å². The van der Waals surface area contributed by atoms with Crippen LogP contribution in [0.4, 0.5) is 0 Å². The molecule has 1 aliphatic rings. The highest BCUT2D eigenvalue weighted by Gasteiger charge is 2.27. The predicted molar refractivity (Wildman–Crippen MR) is 85.4 cm³/mol. The maximum atomic E-state index is 12.4. The summed E-state index contributed by atoms with van der Waals surface area (Å²) in [5, 5.41) is 2.96. The van der Waals surface area contributed by atoms with E-state index in [1.165, 1.54) is 0 Å². The average Bonchev–Trinajstić information content (AvgIpc) is 2.55. The quantitative estimate of drug-likeness (QED) is 0.912. The standard InChI is InChI=1S/C16H16BrN3O2/c1-10(15-18-7-13(17)8-19-15)20-16(21)12-6-11-4-2-3-5-14(11)22-9-12/h2-5,7-8,10,12H,6,9H2,1H3,(H,20,21). The molecule has 2 atom stereocenters. The fourth-order valence-corrected chi connectivity index (χ4v) is 2.64. The van der Waals surface area contributed by atoms with Crippen LogP contribution in [0.2, 0.25) is 0 Å². The van der Waals surface area contributed by atoms with E-state index in [9.17, 15) is 4.79 Å². The number of fused-ring (bicyclic) bond motifs is 1. The van der Waals surface area contributed by atoms with Gasteiger partial charge in [-0.25, -0.2) is 9.97 Å². The third-order valence-electron chi connectivity index (χ3n) is 3.64. The highest BCUT2D eigenvalue weighted by Crippen LogP contribution is 2.27. The molecular formula is C16H16BrN3O2. The van der Waals surface area contributed by atoms with E-state index in [4.69, 9.17) is 4.74 Å². The number of nitrogens with one attached hydrogen (secondary N) is 1. The van der Waals surface area contributed by atoms with Gasteiger partial charge in [-0.15, -0.1) is 0 Å². The first-order chi connectivity index (χ1) is 10.6. The van der Waals surface area contributed by atoms with Crippen molar-refractivity contribution in [2.24, 2.45) is 5.92 Å². The van der Waals surface area contributed by atoms with Gasteiger partial charge in [0.1, 0.15) is 18.2 Å². The molecule has 22 heavy (non-hydrogen) atoms. The topological polar surface area (TPSA) is 64.1 Å². The van der Waals surface area contributed by atoms with Gasteiger partial charge in [-0.2, -0.15) is 0 Å². The average molecular weight is 362 g/mol. The Bertz CT molecular complexity index is 675. The summed E-state index contributed by atoms with van der Waals surface area (Å²) in [6.45, 7) is 2.27. The van der Waals surface area contributed by atoms with Crippen LogP contribution in [0.5, 0.6) is 5.75 Å². The van der Waals surface area contributed by atoms with Crippen LogP contribution < -0.4 is 10.1 Å². The van der Waals surface area contributed by atoms with Gasteiger partial charge in [-0.1, -0.05) is 18.2 Å². The molecule has 1 aromatic carbocycles. The number of hydrogen-bond acceptors (Lipinski definition) is 4. The number of nitrogens with zero attached hydrogens (tertiary/aromatic N) is 2. The van der Waals surface area contributed by atoms with Crippen molar-refractivity contribution in [1.82, 2.24) is 15.3 Å². The van der Waals surface area contributed by atoms with Crippen LogP contribution in [0.3, 0.4) is 0 Å². The number of aromatic nitrogens is 2. The van der Waals surface area contributed by atoms with Crippen molar-refractivity contribution < 1.29 is 9.53 Å². The summed E-state index contributed by atoms with van der Waals surface area (Å²) < 4.78 is 6.47. The van der Waals surface area contributed by atoms with E-state index in [1.54, 1.807) is 12.4 Å². The van der Waals surface area contributed by atoms with E-state index >= 15 is 0 Å². The number of para-hydroxylation sites is 1. The third kappa shape index (κ3) is 3.27. The zero-order valence-corrected chi connectivity index (χ0v) is 13.7. The molecule has 1 amide bonds. The van der Waals surface area contributed by atoms with E-state index in [0.29, 0.717) is 18.9 Å². The van der Waals surface area contributed by atoms with Gasteiger partial charge < -0.3 is 10.1 Å². The Labute approximate surface area is 137 Å². The lowest BCUT2D eigenvalue weighted by molar-refractivity contribution is -0.127. The van der Waals surface area contributed by atoms with E-state index in [-0.39, 0.29) is 17.9 Å². The van der Waals surface area contributed by atoms with Crippen molar-refractivity contribution in [1.29, 1.82) is 0 Å². The number of ether oxygens (including phenoxy) is 1. The van der Waals surface area contributed by atoms with E-state index in [0.717, 1.165) is 15.8 Å². The van der Waals surface area contributed by atoms with Gasteiger partial charge in [0.2, 0.25) is 5.91 Å². The number of carbonyl (C=O) groups is 1. The minimum absolute atomic E-state index is 0.0338. The van der Waals surface area contributed by atoms with Crippen molar-refractivity contribution in [3.63, 3.8) is 0 Å². The van der Waals surface area contributed by atoms with Gasteiger partial charge in [0.15, 0.2) is 0 Å². The zero-order valence-electron chi connectivity index (χ0n) is 12.1. The Hall–Kier alpha value is -1.95. The second-order valence-corrected chi connectivity index (χ2v) is 6.23. The van der Waals surface area contributed by atoms with Crippen molar-refractivity contribution in [3.8, 4) is 5.75 Å². The second kappa shape index (κ2) is 6.44. The number of hydrogen-bond donors (Lipinski definition) is 1. The highest BCUT2D eigenvalue weighted by molar-refractivity contribution is 9.10. The first-order valence-corrected chi connectivity index (χ1v) is 7.91. The predicted octanol–water partition coefficient (Wildman–Crippen LogP) is 2.67. The molecule has 2 unspecified atom stereocenters. The van der Waals surface area contributed by atoms with Gasteiger partial charge in [0, 0.05) is 12.4 Å². The van der Waals surface area contributed by atoms with Gasteiger partial charge in [-0.05, 0) is 40.9 Å². The molecular weight excluding hydrogens is 346 g/mol. The molecule has 1 N–H and O–H groups in total. The molecule has 0 spiro atoms. The van der Waals surface area contributed by atoms with Crippen molar-refractivity contribution in [3.05, 3.63) is 52.5 Å². The first kappa shape index (κ1) is 15.0. The van der Waals surface area contributed by atoms with Gasteiger partial charge in [0.05, 0.1) is 16.4 Å². The molecule has 1 aliphatic heterocycles. The summed E-state index contributed by atoms with van der Waals surface area (Å²) in [6.07, 6.45) is 4.03. The molecule has 0 radical (unpaired) electrons. The summed E-state index contributed by atoms with van der Waals surface area (Å²) >= 11 is 3.29. The molecule has 0 aliphatic carbocycles. The fourth-order valence-electron chi connectivity index (χ4n) is 2.44. The van der Waals surface area contributed by atoms with Gasteiger partial charge in [-0.3, -0.25) is 4.79 Å². The molecule has 114 valence electrons. The smallest absolute Gasteiger partial charge is 0.227 e.